The van der Waals surface area contributed by atoms with E-state index >= 15 is 0 Å². The van der Waals surface area contributed by atoms with Gasteiger partial charge in [0.1, 0.15) is 5.82 Å². The molecule has 3 nitrogen and oxygen atoms in total. The fraction of sp³-hybridized carbons (Fsp3) is 0.650. The largest absolute Gasteiger partial charge is 0.355 e. The van der Waals surface area contributed by atoms with Crippen molar-refractivity contribution in [1.29, 1.82) is 0 Å². The van der Waals surface area contributed by atoms with Gasteiger partial charge >= 0.3 is 0 Å². The molecule has 2 unspecified atom stereocenters. The van der Waals surface area contributed by atoms with Gasteiger partial charge < -0.3 is 11.1 Å². The summed E-state index contributed by atoms with van der Waals surface area (Å²) in [7, 11) is 0. The molecule has 25 heavy (non-hydrogen) atoms. The van der Waals surface area contributed by atoms with Crippen LogP contribution in [-0.4, -0.2) is 18.5 Å². The number of halogens is 2. The third kappa shape index (κ3) is 3.31. The van der Waals surface area contributed by atoms with Crippen molar-refractivity contribution in [1.82, 2.24) is 5.32 Å². The summed E-state index contributed by atoms with van der Waals surface area (Å²) >= 11 is 6.23. The van der Waals surface area contributed by atoms with Crippen LogP contribution < -0.4 is 11.1 Å². The van der Waals surface area contributed by atoms with E-state index in [4.69, 9.17) is 17.3 Å². The van der Waals surface area contributed by atoms with Crippen LogP contribution in [0.1, 0.15) is 50.5 Å². The summed E-state index contributed by atoms with van der Waals surface area (Å²) in [4.78, 5) is 12.7. The van der Waals surface area contributed by atoms with E-state index in [1.807, 2.05) is 0 Å². The summed E-state index contributed by atoms with van der Waals surface area (Å²) in [6.45, 7) is 0.592. The number of benzene rings is 1. The zero-order valence-electron chi connectivity index (χ0n) is 14.4. The Labute approximate surface area is 153 Å². The fourth-order valence-corrected chi connectivity index (χ4v) is 5.38. The lowest BCUT2D eigenvalue weighted by Gasteiger charge is -2.43. The van der Waals surface area contributed by atoms with E-state index in [1.54, 1.807) is 6.07 Å². The second-order valence-electron chi connectivity index (χ2n) is 8.32. The van der Waals surface area contributed by atoms with Crippen molar-refractivity contribution in [2.45, 2.75) is 56.4 Å². The second-order valence-corrected chi connectivity index (χ2v) is 8.73. The van der Waals surface area contributed by atoms with Crippen molar-refractivity contribution in [3.05, 3.63) is 34.6 Å². The molecular formula is C20H26ClFN2O. The van der Waals surface area contributed by atoms with Crippen molar-refractivity contribution in [3.8, 4) is 0 Å². The minimum atomic E-state index is -0.321. The van der Waals surface area contributed by atoms with Gasteiger partial charge in [0.2, 0.25) is 5.91 Å². The van der Waals surface area contributed by atoms with Crippen LogP contribution in [0.25, 0.3) is 0 Å². The number of nitrogens with one attached hydrogen (secondary N) is 1. The highest BCUT2D eigenvalue weighted by molar-refractivity contribution is 6.31. The predicted molar refractivity (Wildman–Crippen MR) is 96.9 cm³/mol. The van der Waals surface area contributed by atoms with Gasteiger partial charge in [0.05, 0.1) is 0 Å². The number of carbonyl (C=O) groups excluding carboxylic acids is 1. The summed E-state index contributed by atoms with van der Waals surface area (Å²) < 4.78 is 13.3. The SMILES string of the molecule is NC1C2CCCC1CC(C(=O)NCC1(c3ccc(F)cc3Cl)CC1)C2. The molecule has 1 amide bonds. The maximum absolute atomic E-state index is 13.3. The average Bonchev–Trinajstić information content (AvgIpc) is 3.33. The van der Waals surface area contributed by atoms with Crippen LogP contribution in [0, 0.1) is 23.6 Å². The lowest BCUT2D eigenvalue weighted by Crippen LogP contribution is -2.49. The highest BCUT2D eigenvalue weighted by atomic mass is 35.5. The average molecular weight is 365 g/mol. The minimum Gasteiger partial charge on any atom is -0.355 e. The molecule has 0 spiro atoms. The van der Waals surface area contributed by atoms with Crippen molar-refractivity contribution in [3.63, 3.8) is 0 Å². The van der Waals surface area contributed by atoms with E-state index < -0.39 is 0 Å². The minimum absolute atomic E-state index is 0.0922. The van der Waals surface area contributed by atoms with Crippen molar-refractivity contribution in [2.24, 2.45) is 23.5 Å². The van der Waals surface area contributed by atoms with Crippen LogP contribution in [0.3, 0.4) is 0 Å². The maximum atomic E-state index is 13.3. The topological polar surface area (TPSA) is 55.1 Å². The molecule has 3 aliphatic carbocycles. The van der Waals surface area contributed by atoms with Crippen LogP contribution in [-0.2, 0) is 10.2 Å². The third-order valence-corrected chi connectivity index (χ3v) is 7.05. The first-order valence-electron chi connectivity index (χ1n) is 9.47. The molecule has 2 bridgehead atoms. The van der Waals surface area contributed by atoms with Gasteiger partial charge in [-0.05, 0) is 68.1 Å². The Morgan fingerprint density at radius 1 is 1.28 bits per heavy atom. The quantitative estimate of drug-likeness (QED) is 0.854. The Morgan fingerprint density at radius 3 is 2.56 bits per heavy atom. The van der Waals surface area contributed by atoms with Crippen LogP contribution in [0.2, 0.25) is 5.02 Å². The summed E-state index contributed by atoms with van der Waals surface area (Å²) in [5, 5.41) is 3.63. The first-order chi connectivity index (χ1) is 12.0. The molecule has 5 heteroatoms. The van der Waals surface area contributed by atoms with E-state index in [9.17, 15) is 9.18 Å². The third-order valence-electron chi connectivity index (χ3n) is 6.74. The number of carbonyl (C=O) groups is 1. The lowest BCUT2D eigenvalue weighted by molar-refractivity contribution is -0.128. The van der Waals surface area contributed by atoms with Crippen molar-refractivity contribution < 1.29 is 9.18 Å². The Morgan fingerprint density at radius 2 is 1.96 bits per heavy atom. The first-order valence-corrected chi connectivity index (χ1v) is 9.85. The zero-order valence-corrected chi connectivity index (χ0v) is 15.2. The summed E-state index contributed by atoms with van der Waals surface area (Å²) in [6.07, 6.45) is 7.40. The molecule has 0 aromatic heterocycles. The second kappa shape index (κ2) is 6.55. The number of nitrogens with two attached hydrogens (primary N) is 1. The summed E-state index contributed by atoms with van der Waals surface area (Å²) in [5.41, 5.74) is 7.17. The number of hydrogen-bond acceptors (Lipinski definition) is 2. The molecular weight excluding hydrogens is 339 g/mol. The number of hydrogen-bond donors (Lipinski definition) is 2. The summed E-state index contributed by atoms with van der Waals surface area (Å²) in [6, 6.07) is 4.86. The molecule has 3 saturated carbocycles. The number of amides is 1. The Bertz CT molecular complexity index is 662. The van der Waals surface area contributed by atoms with E-state index in [0.29, 0.717) is 23.4 Å². The molecule has 136 valence electrons. The smallest absolute Gasteiger partial charge is 0.223 e. The van der Waals surface area contributed by atoms with E-state index in [1.165, 1.54) is 18.6 Å². The van der Waals surface area contributed by atoms with Gasteiger partial charge in [0.15, 0.2) is 0 Å². The Balaban J connectivity index is 1.39. The number of rotatable bonds is 4. The standard InChI is InChI=1S/C20H26ClFN2O/c21-17-10-15(22)4-5-16(17)20(6-7-20)11-24-19(25)14-8-12-2-1-3-13(9-14)18(12)23/h4-5,10,12-14,18H,1-3,6-9,11,23H2,(H,24,25). The van der Waals surface area contributed by atoms with Gasteiger partial charge in [-0.2, -0.15) is 0 Å². The van der Waals surface area contributed by atoms with Gasteiger partial charge in [0, 0.05) is 28.9 Å². The van der Waals surface area contributed by atoms with Gasteiger partial charge in [-0.1, -0.05) is 24.1 Å². The maximum Gasteiger partial charge on any atom is 0.223 e. The lowest BCUT2D eigenvalue weighted by atomic mass is 9.65. The van der Waals surface area contributed by atoms with E-state index in [0.717, 1.165) is 44.1 Å². The molecule has 3 aliphatic rings. The molecule has 2 atom stereocenters. The Kier molecular flexibility index (Phi) is 4.53. The van der Waals surface area contributed by atoms with Crippen molar-refractivity contribution in [2.75, 3.05) is 6.54 Å². The fourth-order valence-electron chi connectivity index (χ4n) is 5.02. The predicted octanol–water partition coefficient (Wildman–Crippen LogP) is 3.78. The molecule has 3 N–H and O–H groups in total. The van der Waals surface area contributed by atoms with Gasteiger partial charge in [-0.3, -0.25) is 4.79 Å². The highest BCUT2D eigenvalue weighted by Gasteiger charge is 2.46. The normalized spacial score (nSPS) is 32.9. The van der Waals surface area contributed by atoms with Crippen molar-refractivity contribution >= 4 is 17.5 Å². The van der Waals surface area contributed by atoms with Gasteiger partial charge in [-0.15, -0.1) is 0 Å². The zero-order chi connectivity index (χ0) is 17.6. The molecule has 0 radical (unpaired) electrons. The molecule has 0 saturated heterocycles. The molecule has 0 heterocycles. The van der Waals surface area contributed by atoms with E-state index in [-0.39, 0.29) is 29.1 Å². The van der Waals surface area contributed by atoms with Crippen LogP contribution in [0.5, 0.6) is 0 Å². The highest BCUT2D eigenvalue weighted by Crippen LogP contribution is 2.50. The Hall–Kier alpha value is -1.13. The van der Waals surface area contributed by atoms with Gasteiger partial charge in [0.25, 0.3) is 0 Å². The number of fused-ring (bicyclic) bond motifs is 2. The molecule has 3 fully saturated rings. The first kappa shape index (κ1) is 17.3. The van der Waals surface area contributed by atoms with E-state index in [2.05, 4.69) is 5.32 Å². The monoisotopic (exact) mass is 364 g/mol. The summed E-state index contributed by atoms with van der Waals surface area (Å²) in [5.74, 6) is 0.941. The van der Waals surface area contributed by atoms with Crippen LogP contribution in [0.15, 0.2) is 18.2 Å². The van der Waals surface area contributed by atoms with Gasteiger partial charge in [-0.25, -0.2) is 4.39 Å². The molecule has 0 aliphatic heterocycles. The molecule has 1 aromatic carbocycles. The van der Waals surface area contributed by atoms with Crippen LogP contribution >= 0.6 is 11.6 Å². The molecule has 1 aromatic rings. The van der Waals surface area contributed by atoms with Crippen LogP contribution in [0.4, 0.5) is 4.39 Å². The molecule has 4 rings (SSSR count).